The highest BCUT2D eigenvalue weighted by molar-refractivity contribution is 6.38. The van der Waals surface area contributed by atoms with Crippen molar-refractivity contribution >= 4 is 44.9 Å². The van der Waals surface area contributed by atoms with E-state index in [1.165, 1.54) is 0 Å². The molecule has 3 rings (SSSR count). The topological polar surface area (TPSA) is 25.8 Å². The fourth-order valence-corrected chi connectivity index (χ4v) is 2.25. The molecule has 2 aromatic heterocycles. The minimum Gasteiger partial charge on any atom is -0.264 e. The van der Waals surface area contributed by atoms with E-state index in [9.17, 15) is 0 Å². The number of rotatable bonds is 0. The Hall–Kier alpha value is -1.38. The van der Waals surface area contributed by atoms with Crippen molar-refractivity contribution in [2.45, 2.75) is 0 Å². The lowest BCUT2D eigenvalue weighted by Crippen LogP contribution is -1.83. The van der Waals surface area contributed by atoms with Crippen LogP contribution in [0.2, 0.25) is 10.2 Å². The molecule has 0 atom stereocenters. The standard InChI is InChI=1S/C12H6Cl2N2/c13-10-5-12(14)16-11-4-8-6-15-2-1-7(8)3-9(10)11/h1-6H. The van der Waals surface area contributed by atoms with Crippen molar-refractivity contribution in [1.82, 2.24) is 9.97 Å². The SMILES string of the molecule is Clc1cc(Cl)c2cc3ccncc3cc2n1. The third-order valence-corrected chi connectivity index (χ3v) is 2.99. The van der Waals surface area contributed by atoms with Crippen molar-refractivity contribution in [3.63, 3.8) is 0 Å². The third kappa shape index (κ3) is 1.51. The molecule has 2 heterocycles. The summed E-state index contributed by atoms with van der Waals surface area (Å²) < 4.78 is 0. The number of fused-ring (bicyclic) bond motifs is 2. The van der Waals surface area contributed by atoms with Crippen molar-refractivity contribution in [1.29, 1.82) is 0 Å². The van der Waals surface area contributed by atoms with E-state index in [0.29, 0.717) is 10.2 Å². The molecule has 0 bridgehead atoms. The molecule has 78 valence electrons. The highest BCUT2D eigenvalue weighted by Crippen LogP contribution is 2.28. The Bertz CT molecular complexity index is 695. The van der Waals surface area contributed by atoms with Crippen molar-refractivity contribution in [3.05, 3.63) is 46.8 Å². The fraction of sp³-hybridized carbons (Fsp3) is 0. The molecule has 0 radical (unpaired) electrons. The van der Waals surface area contributed by atoms with Crippen LogP contribution in [0.4, 0.5) is 0 Å². The molecule has 0 fully saturated rings. The van der Waals surface area contributed by atoms with E-state index >= 15 is 0 Å². The van der Waals surface area contributed by atoms with Crippen LogP contribution in [0.5, 0.6) is 0 Å². The maximum absolute atomic E-state index is 6.12. The summed E-state index contributed by atoms with van der Waals surface area (Å²) in [6.07, 6.45) is 3.55. The van der Waals surface area contributed by atoms with Gasteiger partial charge in [-0.15, -0.1) is 0 Å². The van der Waals surface area contributed by atoms with Gasteiger partial charge in [-0.2, -0.15) is 0 Å². The van der Waals surface area contributed by atoms with E-state index < -0.39 is 0 Å². The molecule has 0 saturated carbocycles. The zero-order chi connectivity index (χ0) is 11.1. The molecule has 2 nitrogen and oxygen atoms in total. The molecule has 0 aliphatic carbocycles. The number of nitrogens with zero attached hydrogens (tertiary/aromatic N) is 2. The first-order chi connectivity index (χ1) is 7.74. The summed E-state index contributed by atoms with van der Waals surface area (Å²) in [6.45, 7) is 0. The Labute approximate surface area is 102 Å². The Morgan fingerprint density at radius 3 is 2.75 bits per heavy atom. The van der Waals surface area contributed by atoms with Crippen LogP contribution in [-0.2, 0) is 0 Å². The average Bonchev–Trinajstić information content (AvgIpc) is 2.27. The van der Waals surface area contributed by atoms with Crippen LogP contribution in [0, 0.1) is 0 Å². The number of halogens is 2. The summed E-state index contributed by atoms with van der Waals surface area (Å²) in [5, 5.41) is 4.05. The lowest BCUT2D eigenvalue weighted by molar-refractivity contribution is 1.36. The zero-order valence-electron chi connectivity index (χ0n) is 8.11. The molecule has 0 N–H and O–H groups in total. The van der Waals surface area contributed by atoms with Crippen LogP contribution in [-0.4, -0.2) is 9.97 Å². The number of benzene rings is 1. The van der Waals surface area contributed by atoms with E-state index in [2.05, 4.69) is 9.97 Å². The van der Waals surface area contributed by atoms with Gasteiger partial charge in [0.1, 0.15) is 5.15 Å². The molecule has 0 unspecified atom stereocenters. The van der Waals surface area contributed by atoms with Gasteiger partial charge in [0, 0.05) is 23.2 Å². The Morgan fingerprint density at radius 2 is 1.88 bits per heavy atom. The van der Waals surface area contributed by atoms with Gasteiger partial charge >= 0.3 is 0 Å². The van der Waals surface area contributed by atoms with Gasteiger partial charge in [0.25, 0.3) is 0 Å². The number of hydrogen-bond acceptors (Lipinski definition) is 2. The van der Waals surface area contributed by atoms with Gasteiger partial charge < -0.3 is 0 Å². The van der Waals surface area contributed by atoms with Gasteiger partial charge in [-0.3, -0.25) is 4.98 Å². The normalized spacial score (nSPS) is 11.1. The molecular formula is C12H6Cl2N2. The second-order valence-corrected chi connectivity index (χ2v) is 4.31. The van der Waals surface area contributed by atoms with E-state index in [4.69, 9.17) is 23.2 Å². The zero-order valence-corrected chi connectivity index (χ0v) is 9.63. The molecule has 0 aliphatic rings. The quantitative estimate of drug-likeness (QED) is 0.443. The second-order valence-electron chi connectivity index (χ2n) is 3.52. The molecule has 0 saturated heterocycles. The van der Waals surface area contributed by atoms with Gasteiger partial charge in [-0.25, -0.2) is 4.98 Å². The predicted molar refractivity (Wildman–Crippen MR) is 67.1 cm³/mol. The van der Waals surface area contributed by atoms with E-state index in [1.54, 1.807) is 18.5 Å². The lowest BCUT2D eigenvalue weighted by atomic mass is 10.1. The Kier molecular flexibility index (Phi) is 2.20. The highest BCUT2D eigenvalue weighted by atomic mass is 35.5. The first-order valence-corrected chi connectivity index (χ1v) is 5.49. The molecule has 0 spiro atoms. The fourth-order valence-electron chi connectivity index (χ4n) is 1.74. The number of hydrogen-bond donors (Lipinski definition) is 0. The second kappa shape index (κ2) is 3.58. The number of pyridine rings is 2. The maximum Gasteiger partial charge on any atom is 0.131 e. The van der Waals surface area contributed by atoms with Crippen molar-refractivity contribution in [3.8, 4) is 0 Å². The van der Waals surface area contributed by atoms with Crippen LogP contribution in [0.15, 0.2) is 36.7 Å². The van der Waals surface area contributed by atoms with Crippen LogP contribution < -0.4 is 0 Å². The van der Waals surface area contributed by atoms with E-state index in [0.717, 1.165) is 21.7 Å². The first-order valence-electron chi connectivity index (χ1n) is 4.73. The average molecular weight is 249 g/mol. The maximum atomic E-state index is 6.12. The molecule has 1 aromatic carbocycles. The van der Waals surface area contributed by atoms with Gasteiger partial charge in [0.15, 0.2) is 0 Å². The Balaban J connectivity index is 2.51. The van der Waals surface area contributed by atoms with Gasteiger partial charge in [-0.1, -0.05) is 23.2 Å². The van der Waals surface area contributed by atoms with Crippen molar-refractivity contribution in [2.24, 2.45) is 0 Å². The van der Waals surface area contributed by atoms with Gasteiger partial charge in [-0.05, 0) is 29.7 Å². The summed E-state index contributed by atoms with van der Waals surface area (Å²) in [4.78, 5) is 8.31. The van der Waals surface area contributed by atoms with Gasteiger partial charge in [0.2, 0.25) is 0 Å². The van der Waals surface area contributed by atoms with Crippen LogP contribution in [0.3, 0.4) is 0 Å². The first kappa shape index (κ1) is 9.82. The summed E-state index contributed by atoms with van der Waals surface area (Å²) in [6, 6.07) is 7.53. The summed E-state index contributed by atoms with van der Waals surface area (Å²) in [5.41, 5.74) is 0.790. The van der Waals surface area contributed by atoms with E-state index in [1.807, 2.05) is 18.2 Å². The molecule has 3 aromatic rings. The summed E-state index contributed by atoms with van der Waals surface area (Å²) in [7, 11) is 0. The number of aromatic nitrogens is 2. The molecule has 16 heavy (non-hydrogen) atoms. The predicted octanol–water partition coefficient (Wildman–Crippen LogP) is 4.09. The van der Waals surface area contributed by atoms with Crippen LogP contribution >= 0.6 is 23.2 Å². The van der Waals surface area contributed by atoms with Gasteiger partial charge in [0.05, 0.1) is 10.5 Å². The molecule has 4 heteroatoms. The minimum absolute atomic E-state index is 0.403. The smallest absolute Gasteiger partial charge is 0.131 e. The van der Waals surface area contributed by atoms with Crippen molar-refractivity contribution < 1.29 is 0 Å². The summed E-state index contributed by atoms with van der Waals surface area (Å²) >= 11 is 12.0. The van der Waals surface area contributed by atoms with Crippen LogP contribution in [0.1, 0.15) is 0 Å². The van der Waals surface area contributed by atoms with E-state index in [-0.39, 0.29) is 0 Å². The summed E-state index contributed by atoms with van der Waals surface area (Å²) in [5.74, 6) is 0. The Morgan fingerprint density at radius 1 is 1.00 bits per heavy atom. The molecule has 0 amide bonds. The minimum atomic E-state index is 0.403. The lowest BCUT2D eigenvalue weighted by Gasteiger charge is -2.03. The molecular weight excluding hydrogens is 243 g/mol. The third-order valence-electron chi connectivity index (χ3n) is 2.49. The monoisotopic (exact) mass is 248 g/mol. The molecule has 0 aliphatic heterocycles. The van der Waals surface area contributed by atoms with Crippen molar-refractivity contribution in [2.75, 3.05) is 0 Å². The van der Waals surface area contributed by atoms with Crippen LogP contribution in [0.25, 0.3) is 21.7 Å². The largest absolute Gasteiger partial charge is 0.264 e. The highest BCUT2D eigenvalue weighted by Gasteiger charge is 2.04.